The number of para-hydroxylation sites is 1. The van der Waals surface area contributed by atoms with E-state index in [0.29, 0.717) is 17.0 Å². The minimum absolute atomic E-state index is 0.0555. The molecule has 3 aromatic carbocycles. The highest BCUT2D eigenvalue weighted by Gasteiger charge is 2.14. The van der Waals surface area contributed by atoms with Crippen molar-refractivity contribution in [3.8, 4) is 28.3 Å². The number of carbonyl (C=O) groups is 1. The van der Waals surface area contributed by atoms with E-state index in [1.54, 1.807) is 18.2 Å². The average Bonchev–Trinajstić information content (AvgIpc) is 2.81. The number of nitrogens with one attached hydrogen (secondary N) is 2. The number of hydrogen-bond acceptors (Lipinski definition) is 5. The van der Waals surface area contributed by atoms with Gasteiger partial charge in [0.2, 0.25) is 5.82 Å². The summed E-state index contributed by atoms with van der Waals surface area (Å²) in [6, 6.07) is 28.1. The van der Waals surface area contributed by atoms with Gasteiger partial charge in [-0.2, -0.15) is 0 Å². The summed E-state index contributed by atoms with van der Waals surface area (Å²) in [4.78, 5) is 21.6. The summed E-state index contributed by atoms with van der Waals surface area (Å²) < 4.78 is 0. The third-order valence-corrected chi connectivity index (χ3v) is 4.54. The summed E-state index contributed by atoms with van der Waals surface area (Å²) in [5.41, 5.74) is 9.21. The quantitative estimate of drug-likeness (QED) is 0.430. The molecule has 0 aliphatic carbocycles. The monoisotopic (exact) mass is 396 g/mol. The Hall–Kier alpha value is -4.03. The number of phenols is 1. The highest BCUT2D eigenvalue weighted by Crippen LogP contribution is 2.23. The molecule has 0 fully saturated rings. The van der Waals surface area contributed by atoms with E-state index >= 15 is 0 Å². The predicted molar refractivity (Wildman–Crippen MR) is 115 cm³/mol. The Morgan fingerprint density at radius 1 is 0.767 bits per heavy atom. The van der Waals surface area contributed by atoms with Crippen LogP contribution in [0.5, 0.6) is 5.75 Å². The fraction of sp³-hybridized carbons (Fsp3) is 0.0417. The van der Waals surface area contributed by atoms with Gasteiger partial charge in [0.25, 0.3) is 0 Å². The van der Waals surface area contributed by atoms with Crippen LogP contribution in [0.3, 0.4) is 0 Å². The number of hydrogen-bond donors (Lipinski definition) is 3. The van der Waals surface area contributed by atoms with E-state index in [2.05, 4.69) is 20.8 Å². The van der Waals surface area contributed by atoms with Gasteiger partial charge in [0, 0.05) is 23.2 Å². The lowest BCUT2D eigenvalue weighted by atomic mass is 10.1. The van der Waals surface area contributed by atoms with E-state index in [1.165, 1.54) is 0 Å². The van der Waals surface area contributed by atoms with Gasteiger partial charge in [-0.1, -0.05) is 78.9 Å². The van der Waals surface area contributed by atoms with Crippen LogP contribution in [0.15, 0.2) is 91.0 Å². The Morgan fingerprint density at radius 3 is 1.87 bits per heavy atom. The summed E-state index contributed by atoms with van der Waals surface area (Å²) in [7, 11) is 0. The molecule has 6 nitrogen and oxygen atoms in total. The highest BCUT2D eigenvalue weighted by molar-refractivity contribution is 5.91. The van der Waals surface area contributed by atoms with Gasteiger partial charge in [-0.25, -0.2) is 15.4 Å². The topological polar surface area (TPSA) is 87.1 Å². The summed E-state index contributed by atoms with van der Waals surface area (Å²) in [6.07, 6.45) is 0. The molecule has 148 valence electrons. The van der Waals surface area contributed by atoms with E-state index in [0.717, 1.165) is 11.1 Å². The Kier molecular flexibility index (Phi) is 5.78. The molecule has 1 amide bonds. The molecule has 4 aromatic rings. The fourth-order valence-corrected chi connectivity index (χ4v) is 3.00. The van der Waals surface area contributed by atoms with Crippen LogP contribution < -0.4 is 10.9 Å². The van der Waals surface area contributed by atoms with Crippen molar-refractivity contribution in [1.29, 1.82) is 0 Å². The molecule has 1 aromatic heterocycles. The van der Waals surface area contributed by atoms with Gasteiger partial charge in [0.15, 0.2) is 0 Å². The van der Waals surface area contributed by atoms with E-state index in [4.69, 9.17) is 0 Å². The molecule has 30 heavy (non-hydrogen) atoms. The van der Waals surface area contributed by atoms with Crippen LogP contribution in [0.25, 0.3) is 22.5 Å². The normalized spacial score (nSPS) is 10.5. The Labute approximate surface area is 174 Å². The lowest BCUT2D eigenvalue weighted by Crippen LogP contribution is -2.37. The number of amides is 1. The first-order valence-electron chi connectivity index (χ1n) is 9.51. The molecule has 0 aliphatic rings. The summed E-state index contributed by atoms with van der Waals surface area (Å²) in [5, 5.41) is 9.84. The number of hydrazine groups is 1. The van der Waals surface area contributed by atoms with E-state index in [9.17, 15) is 9.90 Å². The lowest BCUT2D eigenvalue weighted by molar-refractivity contribution is 0.0921. The zero-order valence-electron chi connectivity index (χ0n) is 16.1. The maximum Gasteiger partial charge on any atom is 0.303 e. The number of phenolic OH excluding ortho intramolecular Hbond substituents is 1. The van der Waals surface area contributed by atoms with E-state index in [-0.39, 0.29) is 18.1 Å². The van der Waals surface area contributed by atoms with Gasteiger partial charge in [-0.15, -0.1) is 0 Å². The average molecular weight is 396 g/mol. The predicted octanol–water partition coefficient (Wildman–Crippen LogP) is 3.95. The van der Waals surface area contributed by atoms with Crippen LogP contribution in [0.1, 0.15) is 16.2 Å². The second-order valence-electron chi connectivity index (χ2n) is 6.63. The van der Waals surface area contributed by atoms with Crippen molar-refractivity contribution >= 4 is 5.91 Å². The third-order valence-electron chi connectivity index (χ3n) is 4.54. The van der Waals surface area contributed by atoms with Crippen LogP contribution in [-0.2, 0) is 6.54 Å². The number of rotatable bonds is 6. The van der Waals surface area contributed by atoms with Crippen molar-refractivity contribution in [3.63, 3.8) is 0 Å². The first-order valence-corrected chi connectivity index (χ1v) is 9.51. The van der Waals surface area contributed by atoms with Crippen molar-refractivity contribution in [2.24, 2.45) is 0 Å². The maximum atomic E-state index is 12.7. The molecule has 1 heterocycles. The number of benzene rings is 3. The smallest absolute Gasteiger partial charge is 0.303 e. The van der Waals surface area contributed by atoms with Crippen molar-refractivity contribution in [3.05, 3.63) is 102 Å². The molecule has 0 radical (unpaired) electrons. The Bertz CT molecular complexity index is 1090. The standard InChI is InChI=1S/C24H20N4O2/c29-22-14-8-7-13-19(22)16-25-28-24(30)23-26-20(17-9-3-1-4-10-17)15-21(27-23)18-11-5-2-6-12-18/h1-15,25,29H,16H2,(H,28,30). The minimum Gasteiger partial charge on any atom is -0.508 e. The molecule has 3 N–H and O–H groups in total. The zero-order valence-corrected chi connectivity index (χ0v) is 16.1. The van der Waals surface area contributed by atoms with Crippen LogP contribution in [0.4, 0.5) is 0 Å². The van der Waals surface area contributed by atoms with Gasteiger partial charge in [0.1, 0.15) is 5.75 Å². The second-order valence-corrected chi connectivity index (χ2v) is 6.63. The van der Waals surface area contributed by atoms with Crippen LogP contribution in [-0.4, -0.2) is 21.0 Å². The summed E-state index contributed by atoms with van der Waals surface area (Å²) in [5.74, 6) is -0.242. The molecule has 4 rings (SSSR count). The SMILES string of the molecule is O=C(NNCc1ccccc1O)c1nc(-c2ccccc2)cc(-c2ccccc2)n1. The van der Waals surface area contributed by atoms with E-state index < -0.39 is 5.91 Å². The second kappa shape index (κ2) is 8.98. The highest BCUT2D eigenvalue weighted by atomic mass is 16.3. The third kappa shape index (κ3) is 4.51. The molecule has 6 heteroatoms. The first-order chi connectivity index (χ1) is 14.7. The molecule has 0 saturated carbocycles. The number of aromatic nitrogens is 2. The molecular weight excluding hydrogens is 376 g/mol. The number of nitrogens with zero attached hydrogens (tertiary/aromatic N) is 2. The first kappa shape index (κ1) is 19.3. The van der Waals surface area contributed by atoms with Gasteiger partial charge >= 0.3 is 5.91 Å². The molecule has 0 bridgehead atoms. The van der Waals surface area contributed by atoms with Gasteiger partial charge in [-0.05, 0) is 12.1 Å². The van der Waals surface area contributed by atoms with Crippen molar-refractivity contribution < 1.29 is 9.90 Å². The Morgan fingerprint density at radius 2 is 1.30 bits per heavy atom. The van der Waals surface area contributed by atoms with E-state index in [1.807, 2.05) is 72.8 Å². The van der Waals surface area contributed by atoms with Crippen molar-refractivity contribution in [2.45, 2.75) is 6.54 Å². The maximum absolute atomic E-state index is 12.7. The number of aromatic hydroxyl groups is 1. The lowest BCUT2D eigenvalue weighted by Gasteiger charge is -2.10. The van der Waals surface area contributed by atoms with Gasteiger partial charge < -0.3 is 5.11 Å². The van der Waals surface area contributed by atoms with Crippen LogP contribution in [0.2, 0.25) is 0 Å². The summed E-state index contributed by atoms with van der Waals surface area (Å²) >= 11 is 0. The van der Waals surface area contributed by atoms with Gasteiger partial charge in [0.05, 0.1) is 11.4 Å². The number of carbonyl (C=O) groups excluding carboxylic acids is 1. The molecular formula is C24H20N4O2. The molecule has 0 unspecified atom stereocenters. The largest absolute Gasteiger partial charge is 0.508 e. The minimum atomic E-state index is -0.458. The van der Waals surface area contributed by atoms with Crippen LogP contribution in [0, 0.1) is 0 Å². The van der Waals surface area contributed by atoms with Crippen molar-refractivity contribution in [1.82, 2.24) is 20.8 Å². The molecule has 0 saturated heterocycles. The molecule has 0 aliphatic heterocycles. The van der Waals surface area contributed by atoms with Gasteiger partial charge in [-0.3, -0.25) is 10.2 Å². The van der Waals surface area contributed by atoms with Crippen LogP contribution >= 0.6 is 0 Å². The summed E-state index contributed by atoms with van der Waals surface area (Å²) in [6.45, 7) is 0.266. The van der Waals surface area contributed by atoms with Crippen molar-refractivity contribution in [2.75, 3.05) is 0 Å². The molecule has 0 spiro atoms. The Balaban J connectivity index is 1.60. The fourth-order valence-electron chi connectivity index (χ4n) is 3.00. The zero-order chi connectivity index (χ0) is 20.8. The molecule has 0 atom stereocenters.